The first-order valence-corrected chi connectivity index (χ1v) is 30.2. The Hall–Kier alpha value is -5.92. The summed E-state index contributed by atoms with van der Waals surface area (Å²) in [6.07, 6.45) is 1.91. The number of hydrogen-bond acceptors (Lipinski definition) is 4. The molecule has 0 amide bonds. The zero-order valence-corrected chi connectivity index (χ0v) is 44.1. The smallest absolute Gasteiger partial charge is 0 e. The molecular weight excluding hydrogens is 1060 g/mol. The summed E-state index contributed by atoms with van der Waals surface area (Å²) in [6.45, 7) is 10.8. The molecule has 0 bridgehead atoms. The van der Waals surface area contributed by atoms with Crippen LogP contribution < -0.4 is 4.40 Å². The van der Waals surface area contributed by atoms with Gasteiger partial charge in [0.1, 0.15) is 5.58 Å². The van der Waals surface area contributed by atoms with Crippen molar-refractivity contribution in [2.75, 3.05) is 0 Å². The minimum Gasteiger partial charge on any atom is 0 e. The molecule has 0 atom stereocenters. The third-order valence-corrected chi connectivity index (χ3v) is 16.5. The van der Waals surface area contributed by atoms with Gasteiger partial charge in [0.05, 0.1) is 22.6 Å². The summed E-state index contributed by atoms with van der Waals surface area (Å²) < 4.78 is 40.9. The Labute approximate surface area is 418 Å². The van der Waals surface area contributed by atoms with Crippen LogP contribution in [0.15, 0.2) is 156 Å². The van der Waals surface area contributed by atoms with Gasteiger partial charge in [-0.3, -0.25) is 4.98 Å². The number of aryl methyl sites for hydroxylation is 1. The van der Waals surface area contributed by atoms with Gasteiger partial charge >= 0.3 is 131 Å². The fourth-order valence-electron chi connectivity index (χ4n) is 8.80. The summed E-state index contributed by atoms with van der Waals surface area (Å²) in [5, 5.41) is 2.13. The van der Waals surface area contributed by atoms with Crippen LogP contribution in [0.5, 0.6) is 0 Å². The fraction of sp³-hybridized carbons (Fsp3) is 0.217. The van der Waals surface area contributed by atoms with Crippen molar-refractivity contribution in [2.45, 2.75) is 83.4 Å². The van der Waals surface area contributed by atoms with E-state index in [-0.39, 0.29) is 37.5 Å². The average molecular weight is 1120 g/mol. The molecule has 0 aliphatic carbocycles. The first-order chi connectivity index (χ1) is 33.3. The molecular formula is C60H58GeIrN4O-2. The Morgan fingerprint density at radius 2 is 1.33 bits per heavy atom. The Bertz CT molecular complexity index is 3470. The molecule has 0 spiro atoms. The molecule has 5 nitrogen and oxygen atoms in total. The van der Waals surface area contributed by atoms with Gasteiger partial charge in [-0.2, -0.15) is 0 Å². The molecule has 0 saturated carbocycles. The molecule has 7 heteroatoms. The normalized spacial score (nSPS) is 12.9. The van der Waals surface area contributed by atoms with Crippen molar-refractivity contribution in [3.8, 4) is 50.7 Å². The van der Waals surface area contributed by atoms with Crippen LogP contribution >= 0.6 is 0 Å². The Morgan fingerprint density at radius 1 is 0.657 bits per heavy atom. The Balaban J connectivity index is 0.000000230. The molecule has 0 aliphatic heterocycles. The molecule has 0 unspecified atom stereocenters. The van der Waals surface area contributed by atoms with Crippen molar-refractivity contribution in [3.05, 3.63) is 186 Å². The number of aromatic nitrogens is 4. The SMILES string of the molecule is CC(C)c1cc(-c2ccccc2)cc(C(C)C)c1-n1c(-c2[c-]ccc3c2oc2ccccc23)nc2nc(-c3ccccc3)ccc21.[2H]C([2H])([2H])c1c[c-]c(-c2cc(C([2H])(C)C)[c]([Ge]([CH3])([CH3])[CH3])cn2)cc1.[Ir]. The maximum atomic E-state index is 8.49. The van der Waals surface area contributed by atoms with E-state index in [1.807, 2.05) is 62.5 Å². The molecule has 4 heterocycles. The zero-order valence-electron chi connectivity index (χ0n) is 43.6. The number of rotatable bonds is 9. The van der Waals surface area contributed by atoms with Gasteiger partial charge in [0.15, 0.2) is 5.65 Å². The second kappa shape index (κ2) is 19.7. The van der Waals surface area contributed by atoms with E-state index in [0.29, 0.717) is 5.65 Å². The average Bonchev–Trinajstić information content (AvgIpc) is 3.92. The van der Waals surface area contributed by atoms with Crippen molar-refractivity contribution >= 4 is 50.8 Å². The van der Waals surface area contributed by atoms with Gasteiger partial charge in [0.25, 0.3) is 0 Å². The Morgan fingerprint density at radius 3 is 1.96 bits per heavy atom. The number of pyridine rings is 2. The molecule has 1 radical (unpaired) electrons. The zero-order chi connectivity index (χ0) is 49.7. The minimum absolute atomic E-state index is 0. The second-order valence-corrected chi connectivity index (χ2v) is 29.5. The van der Waals surface area contributed by atoms with E-state index in [1.165, 1.54) is 32.7 Å². The predicted molar refractivity (Wildman–Crippen MR) is 280 cm³/mol. The largest absolute Gasteiger partial charge is 0 e. The summed E-state index contributed by atoms with van der Waals surface area (Å²) in [5.74, 6) is 7.46. The number of furan rings is 1. The molecule has 0 aliphatic rings. The monoisotopic (exact) mass is 1120 g/mol. The van der Waals surface area contributed by atoms with Crippen LogP contribution in [0.25, 0.3) is 83.8 Å². The van der Waals surface area contributed by atoms with E-state index in [9.17, 15) is 0 Å². The quantitative estimate of drug-likeness (QED) is 0.107. The van der Waals surface area contributed by atoms with Crippen LogP contribution in [0.3, 0.4) is 0 Å². The van der Waals surface area contributed by atoms with E-state index in [4.69, 9.17) is 19.9 Å². The van der Waals surface area contributed by atoms with Crippen molar-refractivity contribution in [1.29, 1.82) is 0 Å². The van der Waals surface area contributed by atoms with Crippen molar-refractivity contribution in [1.82, 2.24) is 19.5 Å². The number of imidazole rings is 1. The van der Waals surface area contributed by atoms with E-state index >= 15 is 0 Å². The summed E-state index contributed by atoms with van der Waals surface area (Å²) in [7, 11) is 0. The van der Waals surface area contributed by atoms with E-state index in [0.717, 1.165) is 72.6 Å². The van der Waals surface area contributed by atoms with Crippen LogP contribution in [0.2, 0.25) is 17.3 Å². The van der Waals surface area contributed by atoms with Crippen LogP contribution in [0.1, 0.15) is 87.0 Å². The molecule has 339 valence electrons. The molecule has 6 aromatic carbocycles. The van der Waals surface area contributed by atoms with E-state index in [2.05, 4.69) is 152 Å². The number of hydrogen-bond donors (Lipinski definition) is 0. The maximum absolute atomic E-state index is 8.49. The summed E-state index contributed by atoms with van der Waals surface area (Å²) in [4.78, 5) is 15.0. The van der Waals surface area contributed by atoms with Crippen molar-refractivity contribution in [2.24, 2.45) is 0 Å². The standard InChI is InChI=1S/C42H34N3O.C18H24GeN.Ir/c1-26(2)34-24-30(28-14-7-5-8-15-28)25-35(27(3)4)39(34)45-37-23-22-36(29-16-9-6-10-17-29)43-41(37)44-42(45)33-20-13-19-32-31-18-11-12-21-38(31)46-40(32)33;1-13(2)16-11-18(15-9-7-14(3)8-10-15)20-12-17(16)19(4,5)6;/h5-19,21-27H,1-4H3;7-9,11-13H,1-6H3;/q2*-1;/i;3D3,13D;. The van der Waals surface area contributed by atoms with Gasteiger partial charge in [0, 0.05) is 36.7 Å². The molecule has 10 rings (SSSR count). The van der Waals surface area contributed by atoms with Crippen molar-refractivity contribution in [3.63, 3.8) is 0 Å². The molecule has 10 aromatic rings. The van der Waals surface area contributed by atoms with Crippen LogP contribution in [-0.2, 0) is 20.1 Å². The predicted octanol–water partition coefficient (Wildman–Crippen LogP) is 15.9. The second-order valence-electron chi connectivity index (χ2n) is 18.9. The molecule has 0 fully saturated rings. The van der Waals surface area contributed by atoms with Gasteiger partial charge in [-0.15, -0.1) is 18.2 Å². The third-order valence-electron chi connectivity index (χ3n) is 12.2. The Kier molecular flexibility index (Phi) is 12.5. The molecule has 67 heavy (non-hydrogen) atoms. The number of nitrogens with zero attached hydrogens (tertiary/aromatic N) is 4. The fourth-order valence-corrected chi connectivity index (χ4v) is 12.1. The number of para-hydroxylation sites is 1. The first-order valence-electron chi connectivity index (χ1n) is 24.8. The molecule has 4 aromatic heterocycles. The molecule has 0 saturated heterocycles. The van der Waals surface area contributed by atoms with Crippen LogP contribution in [0, 0.1) is 19.0 Å². The van der Waals surface area contributed by atoms with Gasteiger partial charge in [-0.1, -0.05) is 118 Å². The summed E-state index contributed by atoms with van der Waals surface area (Å²) in [5.41, 5.74) is 14.9. The number of fused-ring (bicyclic) bond motifs is 4. The maximum Gasteiger partial charge on any atom is 0 e. The van der Waals surface area contributed by atoms with Gasteiger partial charge in [-0.25, -0.2) is 4.98 Å². The van der Waals surface area contributed by atoms with Gasteiger partial charge in [-0.05, 0) is 64.4 Å². The first kappa shape index (κ1) is 42.4. The van der Waals surface area contributed by atoms with Crippen LogP contribution in [-0.4, -0.2) is 32.8 Å². The summed E-state index contributed by atoms with van der Waals surface area (Å²) in [6, 6.07) is 55.6. The summed E-state index contributed by atoms with van der Waals surface area (Å²) >= 11 is -2.14. The van der Waals surface area contributed by atoms with Crippen LogP contribution in [0.4, 0.5) is 0 Å². The minimum atomic E-state index is -2.14. The number of benzene rings is 6. The van der Waals surface area contributed by atoms with E-state index in [1.54, 1.807) is 12.1 Å². The third kappa shape index (κ3) is 9.63. The van der Waals surface area contributed by atoms with Crippen molar-refractivity contribution < 1.29 is 30.0 Å². The molecule has 0 N–H and O–H groups in total. The topological polar surface area (TPSA) is 56.7 Å². The van der Waals surface area contributed by atoms with E-state index < -0.39 is 26.0 Å². The van der Waals surface area contributed by atoms with Gasteiger partial charge in [0.2, 0.25) is 0 Å². The van der Waals surface area contributed by atoms with Gasteiger partial charge < -0.3 is 8.98 Å².